The number of hydrogen-bond acceptors (Lipinski definition) is 6. The minimum Gasteiger partial charge on any atom is -0.408 e. The molecule has 1 N–H and O–H groups in total. The third-order valence-electron chi connectivity index (χ3n) is 7.96. The Bertz CT molecular complexity index is 1010. The Hall–Kier alpha value is -1.58. The predicted octanol–water partition coefficient (Wildman–Crippen LogP) is 6.00. The Morgan fingerprint density at radius 1 is 0.892 bits per heavy atom. The van der Waals surface area contributed by atoms with Crippen molar-refractivity contribution in [2.45, 2.75) is 115 Å². The first-order valence-electron chi connectivity index (χ1n) is 13.4. The van der Waals surface area contributed by atoms with Gasteiger partial charge in [0.2, 0.25) is 0 Å². The molecule has 2 fully saturated rings. The third-order valence-corrected chi connectivity index (χ3v) is 12.4. The van der Waals surface area contributed by atoms with Crippen LogP contribution >= 0.6 is 0 Å². The highest BCUT2D eigenvalue weighted by Crippen LogP contribution is 2.45. The summed E-state index contributed by atoms with van der Waals surface area (Å²) in [6, 6.07) is 20.0. The summed E-state index contributed by atoms with van der Waals surface area (Å²) in [7, 11) is -2.26. The fourth-order valence-electron chi connectivity index (χ4n) is 4.89. The molecule has 1 saturated carbocycles. The molecule has 37 heavy (non-hydrogen) atoms. The highest BCUT2D eigenvalue weighted by atomic mass is 28.4. The van der Waals surface area contributed by atoms with Gasteiger partial charge in [0.15, 0.2) is 14.1 Å². The van der Waals surface area contributed by atoms with Crippen LogP contribution in [0, 0.1) is 0 Å². The molecule has 1 saturated heterocycles. The smallest absolute Gasteiger partial charge is 0.192 e. The second-order valence-electron chi connectivity index (χ2n) is 12.3. The van der Waals surface area contributed by atoms with E-state index in [0.29, 0.717) is 6.61 Å². The molecule has 1 aliphatic carbocycles. The standard InChI is InChI=1S/C30H44O6Si/c1-20(22-17-13-10-14-18-22)33-24-23(31)25(36-37(7,8)29(2,3)4)27-28(35-30(5,6)34-27)26(24)32-19-21-15-11-9-12-16-21/h9-18,20,23-28,31H,19H2,1-8H3/t20-,23-,24-,25+,26+,27+,28-/m1/s1. The van der Waals surface area contributed by atoms with Gasteiger partial charge in [-0.3, -0.25) is 0 Å². The summed E-state index contributed by atoms with van der Waals surface area (Å²) in [5.41, 5.74) is 2.07. The quantitative estimate of drug-likeness (QED) is 0.424. The molecule has 7 atom stereocenters. The Labute approximate surface area is 223 Å². The number of fused-ring (bicyclic) bond motifs is 1. The second kappa shape index (κ2) is 10.9. The molecule has 2 aromatic carbocycles. The van der Waals surface area contributed by atoms with E-state index in [1.807, 2.05) is 81.4 Å². The summed E-state index contributed by atoms with van der Waals surface area (Å²) < 4.78 is 32.8. The van der Waals surface area contributed by atoms with Crippen molar-refractivity contribution in [1.82, 2.24) is 0 Å². The third kappa shape index (κ3) is 6.36. The highest BCUT2D eigenvalue weighted by Gasteiger charge is 2.61. The van der Waals surface area contributed by atoms with Gasteiger partial charge in [0, 0.05) is 0 Å². The van der Waals surface area contributed by atoms with Crippen molar-refractivity contribution in [2.24, 2.45) is 0 Å². The first-order valence-corrected chi connectivity index (χ1v) is 16.3. The molecule has 0 bridgehead atoms. The van der Waals surface area contributed by atoms with Crippen molar-refractivity contribution in [1.29, 1.82) is 0 Å². The van der Waals surface area contributed by atoms with Gasteiger partial charge >= 0.3 is 0 Å². The highest BCUT2D eigenvalue weighted by molar-refractivity contribution is 6.74. The van der Waals surface area contributed by atoms with E-state index in [2.05, 4.69) is 33.9 Å². The van der Waals surface area contributed by atoms with Gasteiger partial charge in [-0.05, 0) is 50.0 Å². The minimum absolute atomic E-state index is 0.0362. The monoisotopic (exact) mass is 528 g/mol. The summed E-state index contributed by atoms with van der Waals surface area (Å²) in [6.45, 7) is 17.1. The lowest BCUT2D eigenvalue weighted by Crippen LogP contribution is -2.66. The summed E-state index contributed by atoms with van der Waals surface area (Å²) in [5.74, 6) is -0.835. The van der Waals surface area contributed by atoms with Crippen molar-refractivity contribution in [3.05, 3.63) is 71.8 Å². The molecule has 6 nitrogen and oxygen atoms in total. The van der Waals surface area contributed by atoms with Crippen molar-refractivity contribution < 1.29 is 28.5 Å². The van der Waals surface area contributed by atoms with Gasteiger partial charge in [0.05, 0.1) is 12.7 Å². The van der Waals surface area contributed by atoms with Crippen molar-refractivity contribution in [3.63, 3.8) is 0 Å². The zero-order chi connectivity index (χ0) is 27.0. The van der Waals surface area contributed by atoms with Gasteiger partial charge in [-0.25, -0.2) is 0 Å². The first-order chi connectivity index (χ1) is 17.3. The number of aliphatic hydroxyl groups excluding tert-OH is 1. The van der Waals surface area contributed by atoms with Crippen LogP contribution < -0.4 is 0 Å². The normalized spacial score (nSPS) is 30.6. The maximum Gasteiger partial charge on any atom is 0.192 e. The van der Waals surface area contributed by atoms with Gasteiger partial charge in [-0.15, -0.1) is 0 Å². The van der Waals surface area contributed by atoms with Gasteiger partial charge in [0.25, 0.3) is 0 Å². The average Bonchev–Trinajstić information content (AvgIpc) is 3.16. The van der Waals surface area contributed by atoms with Crippen LogP contribution in [0.1, 0.15) is 58.8 Å². The van der Waals surface area contributed by atoms with E-state index >= 15 is 0 Å². The van der Waals surface area contributed by atoms with E-state index in [0.717, 1.165) is 11.1 Å². The molecule has 204 valence electrons. The Balaban J connectivity index is 1.68. The van der Waals surface area contributed by atoms with Crippen LogP contribution in [0.4, 0.5) is 0 Å². The number of hydrogen-bond donors (Lipinski definition) is 1. The van der Waals surface area contributed by atoms with Crippen LogP contribution in [0.15, 0.2) is 60.7 Å². The van der Waals surface area contributed by atoms with E-state index in [9.17, 15) is 5.11 Å². The zero-order valence-corrected chi connectivity index (χ0v) is 24.5. The number of benzene rings is 2. The van der Waals surface area contributed by atoms with Crippen LogP contribution in [0.25, 0.3) is 0 Å². The van der Waals surface area contributed by atoms with Gasteiger partial charge in [-0.1, -0.05) is 81.4 Å². The minimum atomic E-state index is -2.26. The topological polar surface area (TPSA) is 66.4 Å². The lowest BCUT2D eigenvalue weighted by Gasteiger charge is -2.49. The molecule has 1 aliphatic heterocycles. The van der Waals surface area contributed by atoms with Crippen molar-refractivity contribution in [2.75, 3.05) is 0 Å². The van der Waals surface area contributed by atoms with Gasteiger partial charge in [0.1, 0.15) is 36.6 Å². The van der Waals surface area contributed by atoms with Crippen LogP contribution in [-0.2, 0) is 30.0 Å². The van der Waals surface area contributed by atoms with Gasteiger partial charge in [-0.2, -0.15) is 0 Å². The molecule has 1 heterocycles. The molecule has 0 spiro atoms. The fraction of sp³-hybridized carbons (Fsp3) is 0.600. The van der Waals surface area contributed by atoms with Crippen LogP contribution in [0.5, 0.6) is 0 Å². The number of rotatable bonds is 8. The lowest BCUT2D eigenvalue weighted by molar-refractivity contribution is -0.232. The van der Waals surface area contributed by atoms with Gasteiger partial charge < -0.3 is 28.5 Å². The van der Waals surface area contributed by atoms with E-state index in [1.165, 1.54) is 0 Å². The average molecular weight is 529 g/mol. The molecule has 0 radical (unpaired) electrons. The summed E-state index contributed by atoms with van der Waals surface area (Å²) in [5, 5.41) is 11.9. The molecule has 2 aliphatic rings. The number of ether oxygens (including phenoxy) is 4. The maximum absolute atomic E-state index is 11.9. The largest absolute Gasteiger partial charge is 0.408 e. The van der Waals surface area contributed by atoms with Crippen molar-refractivity contribution in [3.8, 4) is 0 Å². The number of aliphatic hydroxyl groups is 1. The zero-order valence-electron chi connectivity index (χ0n) is 23.5. The molecule has 4 rings (SSSR count). The molecule has 0 unspecified atom stereocenters. The molecule has 0 aromatic heterocycles. The summed E-state index contributed by atoms with van der Waals surface area (Å²) in [4.78, 5) is 0. The molecular weight excluding hydrogens is 484 g/mol. The molecule has 2 aromatic rings. The maximum atomic E-state index is 11.9. The Morgan fingerprint density at radius 2 is 1.43 bits per heavy atom. The second-order valence-corrected chi connectivity index (χ2v) is 17.1. The molecule has 0 amide bonds. The lowest BCUT2D eigenvalue weighted by atomic mass is 9.84. The van der Waals surface area contributed by atoms with Crippen LogP contribution in [0.3, 0.4) is 0 Å². The van der Waals surface area contributed by atoms with E-state index in [1.54, 1.807) is 0 Å². The molecular formula is C30H44O6Si. The van der Waals surface area contributed by atoms with Crippen LogP contribution in [-0.4, -0.2) is 55.8 Å². The van der Waals surface area contributed by atoms with E-state index in [4.69, 9.17) is 23.4 Å². The predicted molar refractivity (Wildman–Crippen MR) is 147 cm³/mol. The Kier molecular flexibility index (Phi) is 8.36. The first kappa shape index (κ1) is 28.4. The van der Waals surface area contributed by atoms with Crippen molar-refractivity contribution >= 4 is 8.32 Å². The van der Waals surface area contributed by atoms with E-state index in [-0.39, 0.29) is 11.1 Å². The summed E-state index contributed by atoms with van der Waals surface area (Å²) >= 11 is 0. The Morgan fingerprint density at radius 3 is 2.00 bits per heavy atom. The van der Waals surface area contributed by atoms with Crippen LogP contribution in [0.2, 0.25) is 18.1 Å². The fourth-order valence-corrected chi connectivity index (χ4v) is 6.20. The summed E-state index contributed by atoms with van der Waals surface area (Å²) in [6.07, 6.45) is -3.97. The SMILES string of the molecule is C[C@@H](O[C@@H]1[C@@H](O)[C@H](O[Si](C)(C)C(C)(C)C)[C@@H]2OC(C)(C)O[C@@H]2[C@H]1OCc1ccccc1)c1ccccc1. The van der Waals surface area contributed by atoms with E-state index < -0.39 is 50.7 Å². The molecule has 7 heteroatoms.